The quantitative estimate of drug-likeness (QED) is 0.828. The topological polar surface area (TPSA) is 49.3 Å². The van der Waals surface area contributed by atoms with Gasteiger partial charge in [-0.05, 0) is 42.0 Å². The van der Waals surface area contributed by atoms with E-state index in [9.17, 15) is 4.79 Å². The monoisotopic (exact) mass is 307 g/mol. The highest BCUT2D eigenvalue weighted by molar-refractivity contribution is 6.42. The van der Waals surface area contributed by atoms with Gasteiger partial charge in [-0.15, -0.1) is 0 Å². The molecular formula is C15H11Cl2NO2. The Morgan fingerprint density at radius 2 is 1.75 bits per heavy atom. The third-order valence-electron chi connectivity index (χ3n) is 2.51. The van der Waals surface area contributed by atoms with Crippen LogP contribution in [0.1, 0.15) is 5.56 Å². The van der Waals surface area contributed by atoms with E-state index >= 15 is 0 Å². The summed E-state index contributed by atoms with van der Waals surface area (Å²) in [5.74, 6) is -0.0983. The maximum Gasteiger partial charge on any atom is 0.248 e. The molecule has 0 radical (unpaired) electrons. The van der Waals surface area contributed by atoms with Gasteiger partial charge in [-0.3, -0.25) is 4.79 Å². The summed E-state index contributed by atoms with van der Waals surface area (Å²) >= 11 is 11.7. The van der Waals surface area contributed by atoms with Crippen LogP contribution in [0.5, 0.6) is 5.75 Å². The van der Waals surface area contributed by atoms with Crippen LogP contribution in [0.4, 0.5) is 5.69 Å². The minimum Gasteiger partial charge on any atom is -0.508 e. The Bertz CT molecular complexity index is 651. The molecule has 0 aromatic heterocycles. The Balaban J connectivity index is 2.01. The summed E-state index contributed by atoms with van der Waals surface area (Å²) in [7, 11) is 0. The fourth-order valence-electron chi connectivity index (χ4n) is 1.52. The van der Waals surface area contributed by atoms with Gasteiger partial charge in [0.05, 0.1) is 10.0 Å². The first-order valence-corrected chi connectivity index (χ1v) is 6.53. The number of carbonyl (C=O) groups is 1. The van der Waals surface area contributed by atoms with E-state index in [0.717, 1.165) is 5.56 Å². The van der Waals surface area contributed by atoms with Crippen molar-refractivity contribution in [2.45, 2.75) is 0 Å². The van der Waals surface area contributed by atoms with Crippen LogP contribution in [-0.4, -0.2) is 11.0 Å². The average Bonchev–Trinajstić information content (AvgIpc) is 2.42. The van der Waals surface area contributed by atoms with Crippen LogP contribution in [-0.2, 0) is 4.79 Å². The fourth-order valence-corrected chi connectivity index (χ4v) is 1.81. The van der Waals surface area contributed by atoms with Gasteiger partial charge < -0.3 is 10.4 Å². The second kappa shape index (κ2) is 6.46. The number of nitrogens with one attached hydrogen (secondary N) is 1. The molecule has 0 unspecified atom stereocenters. The van der Waals surface area contributed by atoms with Crippen molar-refractivity contribution < 1.29 is 9.90 Å². The number of hydrogen-bond donors (Lipinski definition) is 2. The average molecular weight is 308 g/mol. The summed E-state index contributed by atoms with van der Waals surface area (Å²) in [6.45, 7) is 0. The molecule has 3 nitrogen and oxygen atoms in total. The minimum atomic E-state index is -0.281. The molecule has 0 aliphatic rings. The number of rotatable bonds is 3. The van der Waals surface area contributed by atoms with Crippen LogP contribution in [0, 0.1) is 0 Å². The molecule has 0 bridgehead atoms. The predicted octanol–water partition coefficient (Wildman–Crippen LogP) is 4.35. The summed E-state index contributed by atoms with van der Waals surface area (Å²) in [6, 6.07) is 11.4. The van der Waals surface area contributed by atoms with Gasteiger partial charge >= 0.3 is 0 Å². The lowest BCUT2D eigenvalue weighted by atomic mass is 10.2. The first-order chi connectivity index (χ1) is 9.54. The Hall–Kier alpha value is -1.97. The van der Waals surface area contributed by atoms with E-state index in [2.05, 4.69) is 5.32 Å². The first-order valence-electron chi connectivity index (χ1n) is 5.78. The highest BCUT2D eigenvalue weighted by Crippen LogP contribution is 2.25. The molecule has 20 heavy (non-hydrogen) atoms. The molecule has 0 aliphatic heterocycles. The van der Waals surface area contributed by atoms with Crippen LogP contribution < -0.4 is 5.32 Å². The van der Waals surface area contributed by atoms with Crippen LogP contribution in [0.15, 0.2) is 48.5 Å². The van der Waals surface area contributed by atoms with Gasteiger partial charge in [0.1, 0.15) is 5.75 Å². The van der Waals surface area contributed by atoms with Gasteiger partial charge in [-0.1, -0.05) is 35.3 Å². The standard InChI is InChI=1S/C15H11Cl2NO2/c16-13-7-4-11(9-14(13)17)18-15(20)8-3-10-1-5-12(19)6-2-10/h1-9,19H,(H,18,20)/b8-3+. The third kappa shape index (κ3) is 4.02. The van der Waals surface area contributed by atoms with E-state index < -0.39 is 0 Å². The zero-order chi connectivity index (χ0) is 14.5. The minimum absolute atomic E-state index is 0.183. The largest absolute Gasteiger partial charge is 0.508 e. The molecule has 0 aliphatic carbocycles. The molecule has 1 amide bonds. The second-order valence-corrected chi connectivity index (χ2v) is 4.86. The number of halogens is 2. The maximum atomic E-state index is 11.7. The van der Waals surface area contributed by atoms with E-state index in [1.54, 1.807) is 48.5 Å². The second-order valence-electron chi connectivity index (χ2n) is 4.04. The summed E-state index contributed by atoms with van der Waals surface area (Å²) in [6.07, 6.45) is 3.04. The summed E-state index contributed by atoms with van der Waals surface area (Å²) in [5.41, 5.74) is 1.38. The Morgan fingerprint density at radius 1 is 1.05 bits per heavy atom. The number of phenolic OH excluding ortho intramolecular Hbond substituents is 1. The highest BCUT2D eigenvalue weighted by atomic mass is 35.5. The molecule has 0 heterocycles. The normalized spacial score (nSPS) is 10.7. The molecule has 0 saturated heterocycles. The van der Waals surface area contributed by atoms with Crippen molar-refractivity contribution in [1.82, 2.24) is 0 Å². The molecule has 102 valence electrons. The Kier molecular flexibility index (Phi) is 4.66. The zero-order valence-electron chi connectivity index (χ0n) is 10.3. The van der Waals surface area contributed by atoms with Gasteiger partial charge in [0.15, 0.2) is 0 Å². The lowest BCUT2D eigenvalue weighted by molar-refractivity contribution is -0.111. The maximum absolute atomic E-state index is 11.7. The van der Waals surface area contributed by atoms with Crippen LogP contribution in [0.25, 0.3) is 6.08 Å². The number of hydrogen-bond acceptors (Lipinski definition) is 2. The summed E-state index contributed by atoms with van der Waals surface area (Å²) < 4.78 is 0. The fraction of sp³-hybridized carbons (Fsp3) is 0. The SMILES string of the molecule is O=C(/C=C/c1ccc(O)cc1)Nc1ccc(Cl)c(Cl)c1. The highest BCUT2D eigenvalue weighted by Gasteiger charge is 2.01. The lowest BCUT2D eigenvalue weighted by Gasteiger charge is -2.03. The Labute approximate surface area is 126 Å². The summed E-state index contributed by atoms with van der Waals surface area (Å²) in [5, 5.41) is 12.6. The zero-order valence-corrected chi connectivity index (χ0v) is 11.8. The molecule has 2 N–H and O–H groups in total. The van der Waals surface area contributed by atoms with Crippen LogP contribution >= 0.6 is 23.2 Å². The van der Waals surface area contributed by atoms with Gasteiger partial charge in [-0.2, -0.15) is 0 Å². The van der Waals surface area contributed by atoms with Gasteiger partial charge in [-0.25, -0.2) is 0 Å². The molecule has 2 aromatic rings. The first kappa shape index (κ1) is 14.4. The molecule has 5 heteroatoms. The molecule has 2 rings (SSSR count). The third-order valence-corrected chi connectivity index (χ3v) is 3.25. The smallest absolute Gasteiger partial charge is 0.248 e. The van der Waals surface area contributed by atoms with Crippen molar-refractivity contribution >= 4 is 40.9 Å². The van der Waals surface area contributed by atoms with E-state index in [0.29, 0.717) is 15.7 Å². The van der Waals surface area contributed by atoms with Gasteiger partial charge in [0, 0.05) is 11.8 Å². The molecule has 2 aromatic carbocycles. The molecule has 0 saturated carbocycles. The molecule has 0 spiro atoms. The predicted molar refractivity (Wildman–Crippen MR) is 82.2 cm³/mol. The van der Waals surface area contributed by atoms with Crippen molar-refractivity contribution in [2.75, 3.05) is 5.32 Å². The van der Waals surface area contributed by atoms with Crippen molar-refractivity contribution in [3.8, 4) is 5.75 Å². The van der Waals surface area contributed by atoms with E-state index in [1.807, 2.05) is 0 Å². The van der Waals surface area contributed by atoms with Crippen molar-refractivity contribution in [3.05, 3.63) is 64.1 Å². The lowest BCUT2D eigenvalue weighted by Crippen LogP contribution is -2.07. The number of aromatic hydroxyl groups is 1. The van der Waals surface area contributed by atoms with Crippen molar-refractivity contribution in [2.24, 2.45) is 0 Å². The number of carbonyl (C=O) groups excluding carboxylic acids is 1. The number of phenols is 1. The van der Waals surface area contributed by atoms with Crippen LogP contribution in [0.2, 0.25) is 10.0 Å². The van der Waals surface area contributed by atoms with E-state index in [4.69, 9.17) is 28.3 Å². The Morgan fingerprint density at radius 3 is 2.40 bits per heavy atom. The van der Waals surface area contributed by atoms with E-state index in [-0.39, 0.29) is 11.7 Å². The molecular weight excluding hydrogens is 297 g/mol. The van der Waals surface area contributed by atoms with Crippen molar-refractivity contribution in [3.63, 3.8) is 0 Å². The number of benzene rings is 2. The molecule has 0 atom stereocenters. The molecule has 0 fully saturated rings. The van der Waals surface area contributed by atoms with Crippen molar-refractivity contribution in [1.29, 1.82) is 0 Å². The number of amides is 1. The van der Waals surface area contributed by atoms with Gasteiger partial charge in [0.25, 0.3) is 0 Å². The number of anilines is 1. The van der Waals surface area contributed by atoms with E-state index in [1.165, 1.54) is 6.08 Å². The van der Waals surface area contributed by atoms with Gasteiger partial charge in [0.2, 0.25) is 5.91 Å². The van der Waals surface area contributed by atoms with Crippen LogP contribution in [0.3, 0.4) is 0 Å². The summed E-state index contributed by atoms with van der Waals surface area (Å²) in [4.78, 5) is 11.7.